The molecule has 0 bridgehead atoms. The van der Waals surface area contributed by atoms with Gasteiger partial charge >= 0.3 is 6.09 Å². The van der Waals surface area contributed by atoms with Crippen molar-refractivity contribution in [3.05, 3.63) is 29.3 Å². The number of nitrogens with one attached hydrogen (secondary N) is 1. The lowest BCUT2D eigenvalue weighted by Crippen LogP contribution is -2.50. The van der Waals surface area contributed by atoms with Crippen molar-refractivity contribution in [2.75, 3.05) is 31.1 Å². The monoisotopic (exact) mass is 387 g/mol. The minimum Gasteiger partial charge on any atom is -0.444 e. The summed E-state index contributed by atoms with van der Waals surface area (Å²) in [6.07, 6.45) is 0.636. The Labute approximate surface area is 166 Å². The normalized spacial score (nSPS) is 20.8. The van der Waals surface area contributed by atoms with Crippen molar-refractivity contribution in [2.24, 2.45) is 0 Å². The van der Waals surface area contributed by atoms with Crippen LogP contribution in [0.3, 0.4) is 0 Å². The molecule has 2 fully saturated rings. The molecule has 0 aromatic heterocycles. The molecule has 1 unspecified atom stereocenters. The van der Waals surface area contributed by atoms with Gasteiger partial charge in [0.05, 0.1) is 5.92 Å². The number of piperazine rings is 1. The van der Waals surface area contributed by atoms with E-state index in [1.807, 2.05) is 45.9 Å². The van der Waals surface area contributed by atoms with E-state index in [2.05, 4.69) is 10.2 Å². The van der Waals surface area contributed by atoms with Crippen LogP contribution in [-0.4, -0.2) is 54.6 Å². The number of hydrogen-bond donors (Lipinski definition) is 1. The number of carbonyl (C=O) groups is 3. The first-order chi connectivity index (χ1) is 13.2. The van der Waals surface area contributed by atoms with Crippen LogP contribution >= 0.6 is 0 Å². The molecule has 1 atom stereocenters. The molecule has 152 valence electrons. The highest BCUT2D eigenvalue weighted by molar-refractivity contribution is 6.01. The maximum atomic E-state index is 12.3. The van der Waals surface area contributed by atoms with Gasteiger partial charge in [-0.05, 0) is 51.3 Å². The summed E-state index contributed by atoms with van der Waals surface area (Å²) >= 11 is 0. The van der Waals surface area contributed by atoms with Gasteiger partial charge in [-0.1, -0.05) is 12.1 Å². The van der Waals surface area contributed by atoms with Crippen LogP contribution in [0.1, 0.15) is 50.7 Å². The number of ether oxygens (including phenoxy) is 1. The van der Waals surface area contributed by atoms with Crippen LogP contribution in [0, 0.1) is 6.92 Å². The Hall–Kier alpha value is -2.57. The third-order valence-corrected chi connectivity index (χ3v) is 5.23. The first-order valence-electron chi connectivity index (χ1n) is 9.82. The van der Waals surface area contributed by atoms with E-state index in [0.717, 1.165) is 16.8 Å². The fourth-order valence-corrected chi connectivity index (χ4v) is 3.81. The van der Waals surface area contributed by atoms with Crippen LogP contribution in [-0.2, 0) is 14.3 Å². The van der Waals surface area contributed by atoms with Gasteiger partial charge in [0.25, 0.3) is 0 Å². The van der Waals surface area contributed by atoms with E-state index in [1.54, 1.807) is 4.90 Å². The molecule has 7 heteroatoms. The predicted molar refractivity (Wildman–Crippen MR) is 106 cm³/mol. The highest BCUT2D eigenvalue weighted by Crippen LogP contribution is 2.33. The molecule has 2 heterocycles. The van der Waals surface area contributed by atoms with Crippen molar-refractivity contribution in [1.82, 2.24) is 10.2 Å². The van der Waals surface area contributed by atoms with Crippen LogP contribution in [0.25, 0.3) is 0 Å². The Morgan fingerprint density at radius 3 is 2.43 bits per heavy atom. The summed E-state index contributed by atoms with van der Waals surface area (Å²) in [6.45, 7) is 10.2. The van der Waals surface area contributed by atoms with Crippen molar-refractivity contribution in [3.63, 3.8) is 0 Å². The SMILES string of the molecule is Cc1c(C2CCC(=O)NC2=O)cccc1N1CCN(C(=O)OC(C)(C)C)CC1. The van der Waals surface area contributed by atoms with Crippen molar-refractivity contribution >= 4 is 23.6 Å². The fraction of sp³-hybridized carbons (Fsp3) is 0.571. The van der Waals surface area contributed by atoms with E-state index < -0.39 is 5.60 Å². The highest BCUT2D eigenvalue weighted by atomic mass is 16.6. The zero-order chi connectivity index (χ0) is 20.5. The van der Waals surface area contributed by atoms with E-state index in [1.165, 1.54) is 0 Å². The smallest absolute Gasteiger partial charge is 0.410 e. The molecule has 28 heavy (non-hydrogen) atoms. The summed E-state index contributed by atoms with van der Waals surface area (Å²) < 4.78 is 5.46. The summed E-state index contributed by atoms with van der Waals surface area (Å²) in [6, 6.07) is 5.98. The lowest BCUT2D eigenvalue weighted by molar-refractivity contribution is -0.134. The molecule has 0 saturated carbocycles. The second kappa shape index (κ2) is 7.81. The standard InChI is InChI=1S/C21H29N3O4/c1-14-15(16-8-9-18(25)22-19(16)26)6-5-7-17(14)23-10-12-24(13-11-23)20(27)28-21(2,3)4/h5-7,16H,8-13H2,1-4H3,(H,22,25,26). The molecule has 3 amide bonds. The number of nitrogens with zero attached hydrogens (tertiary/aromatic N) is 2. The Bertz CT molecular complexity index is 776. The van der Waals surface area contributed by atoms with E-state index in [-0.39, 0.29) is 23.8 Å². The highest BCUT2D eigenvalue weighted by Gasteiger charge is 2.31. The Kier molecular flexibility index (Phi) is 5.63. The van der Waals surface area contributed by atoms with Crippen LogP contribution in [0.15, 0.2) is 18.2 Å². The van der Waals surface area contributed by atoms with E-state index in [9.17, 15) is 14.4 Å². The average Bonchev–Trinajstić information content (AvgIpc) is 2.61. The fourth-order valence-electron chi connectivity index (χ4n) is 3.81. The zero-order valence-electron chi connectivity index (χ0n) is 17.1. The third kappa shape index (κ3) is 4.46. The maximum Gasteiger partial charge on any atom is 0.410 e. The Balaban J connectivity index is 1.70. The maximum absolute atomic E-state index is 12.3. The lowest BCUT2D eigenvalue weighted by Gasteiger charge is -2.38. The molecule has 2 saturated heterocycles. The predicted octanol–water partition coefficient (Wildman–Crippen LogP) is 2.57. The topological polar surface area (TPSA) is 79.0 Å². The van der Waals surface area contributed by atoms with Crippen molar-refractivity contribution in [2.45, 2.75) is 52.1 Å². The van der Waals surface area contributed by atoms with Crippen LogP contribution in [0.4, 0.5) is 10.5 Å². The molecule has 0 radical (unpaired) electrons. The van der Waals surface area contributed by atoms with Gasteiger partial charge < -0.3 is 14.5 Å². The number of carbonyl (C=O) groups excluding carboxylic acids is 3. The molecule has 2 aliphatic heterocycles. The second-order valence-electron chi connectivity index (χ2n) is 8.45. The number of amides is 3. The second-order valence-corrected chi connectivity index (χ2v) is 8.45. The van der Waals surface area contributed by atoms with Crippen molar-refractivity contribution < 1.29 is 19.1 Å². The van der Waals surface area contributed by atoms with Crippen LogP contribution < -0.4 is 10.2 Å². The van der Waals surface area contributed by atoms with Crippen LogP contribution in [0.5, 0.6) is 0 Å². The molecular formula is C21H29N3O4. The van der Waals surface area contributed by atoms with E-state index in [0.29, 0.717) is 39.0 Å². The number of rotatable bonds is 2. The van der Waals surface area contributed by atoms with E-state index >= 15 is 0 Å². The lowest BCUT2D eigenvalue weighted by atomic mass is 9.87. The summed E-state index contributed by atoms with van der Waals surface area (Å²) in [5.74, 6) is -0.708. The van der Waals surface area contributed by atoms with Crippen molar-refractivity contribution in [1.29, 1.82) is 0 Å². The summed E-state index contributed by atoms with van der Waals surface area (Å²) in [4.78, 5) is 40.0. The first kappa shape index (κ1) is 20.2. The molecule has 1 aromatic rings. The first-order valence-corrected chi connectivity index (χ1v) is 9.82. The van der Waals surface area contributed by atoms with Gasteiger partial charge in [0, 0.05) is 38.3 Å². The number of anilines is 1. The minimum atomic E-state index is -0.499. The summed E-state index contributed by atoms with van der Waals surface area (Å²) in [7, 11) is 0. The largest absolute Gasteiger partial charge is 0.444 e. The minimum absolute atomic E-state index is 0.201. The third-order valence-electron chi connectivity index (χ3n) is 5.23. The molecule has 0 aliphatic carbocycles. The Morgan fingerprint density at radius 1 is 1.14 bits per heavy atom. The number of imide groups is 1. The van der Waals surface area contributed by atoms with Gasteiger partial charge in [-0.3, -0.25) is 14.9 Å². The van der Waals surface area contributed by atoms with Gasteiger partial charge in [0.2, 0.25) is 11.8 Å². The molecule has 0 spiro atoms. The Morgan fingerprint density at radius 2 is 1.82 bits per heavy atom. The molecule has 1 aromatic carbocycles. The molecule has 7 nitrogen and oxygen atoms in total. The van der Waals surface area contributed by atoms with Gasteiger partial charge in [0.15, 0.2) is 0 Å². The van der Waals surface area contributed by atoms with Gasteiger partial charge in [-0.15, -0.1) is 0 Å². The van der Waals surface area contributed by atoms with Gasteiger partial charge in [-0.2, -0.15) is 0 Å². The molecule has 2 aliphatic rings. The number of benzene rings is 1. The molecule has 1 N–H and O–H groups in total. The van der Waals surface area contributed by atoms with Crippen LogP contribution in [0.2, 0.25) is 0 Å². The van der Waals surface area contributed by atoms with Gasteiger partial charge in [-0.25, -0.2) is 4.79 Å². The van der Waals surface area contributed by atoms with E-state index in [4.69, 9.17) is 4.74 Å². The molecular weight excluding hydrogens is 358 g/mol. The summed E-state index contributed by atoms with van der Waals surface area (Å²) in [5, 5.41) is 2.44. The summed E-state index contributed by atoms with van der Waals surface area (Å²) in [5.41, 5.74) is 2.60. The van der Waals surface area contributed by atoms with Gasteiger partial charge in [0.1, 0.15) is 5.60 Å². The zero-order valence-corrected chi connectivity index (χ0v) is 17.1. The quantitative estimate of drug-likeness (QED) is 0.789. The average molecular weight is 387 g/mol. The number of hydrogen-bond acceptors (Lipinski definition) is 5. The number of piperidine rings is 1. The molecule has 3 rings (SSSR count). The van der Waals surface area contributed by atoms with Crippen molar-refractivity contribution in [3.8, 4) is 0 Å².